The molecule has 2 fully saturated rings. The molecule has 0 unspecified atom stereocenters. The van der Waals surface area contributed by atoms with Crippen molar-refractivity contribution in [3.8, 4) is 11.5 Å². The van der Waals surface area contributed by atoms with Gasteiger partial charge in [0, 0.05) is 16.9 Å². The fraction of sp³-hybridized carbons (Fsp3) is 0.364. The molecule has 0 spiro atoms. The van der Waals surface area contributed by atoms with Crippen LogP contribution in [-0.4, -0.2) is 42.3 Å². The smallest absolute Gasteiger partial charge is 0.250 e. The molecule has 0 aromatic heterocycles. The second-order valence-corrected chi connectivity index (χ2v) is 11.0. The highest BCUT2D eigenvalue weighted by atomic mass is 32.2. The topological polar surface area (TPSA) is 76.0 Å². The number of thioether (sulfide) groups is 1. The van der Waals surface area contributed by atoms with E-state index in [4.69, 9.17) is 4.74 Å². The number of amides is 1. The van der Waals surface area contributed by atoms with Crippen LogP contribution in [0.5, 0.6) is 11.5 Å². The molecular weight excluding hydrogens is 420 g/mol. The molecule has 1 amide bonds. The SMILES string of the molecule is CC[C@H](C)C(=O)N=C1S[C@@H]2CS(=O)(=O)C[C@@H]2N1c1ccc(Oc2ccccc2)cc1. The number of carbonyl (C=O) groups excluding carboxylic acids is 1. The number of fused-ring (bicyclic) bond motifs is 1. The van der Waals surface area contributed by atoms with E-state index in [2.05, 4.69) is 4.99 Å². The maximum Gasteiger partial charge on any atom is 0.250 e. The Hall–Kier alpha value is -2.32. The highest BCUT2D eigenvalue weighted by Crippen LogP contribution is 2.41. The van der Waals surface area contributed by atoms with E-state index >= 15 is 0 Å². The van der Waals surface area contributed by atoms with Gasteiger partial charge in [-0.15, -0.1) is 0 Å². The van der Waals surface area contributed by atoms with Crippen LogP contribution in [0.3, 0.4) is 0 Å². The fourth-order valence-electron chi connectivity index (χ4n) is 3.54. The van der Waals surface area contributed by atoms with Gasteiger partial charge in [0.05, 0.1) is 17.5 Å². The standard InChI is InChI=1S/C22H24N2O4S2/c1-3-15(2)21(25)23-22-24(19-13-30(26,27)14-20(19)29-22)16-9-11-18(12-10-16)28-17-7-5-4-6-8-17/h4-12,15,19-20H,3,13-14H2,1-2H3/t15-,19-,20+/m0/s1. The van der Waals surface area contributed by atoms with Crippen LogP contribution in [0.15, 0.2) is 59.6 Å². The summed E-state index contributed by atoms with van der Waals surface area (Å²) in [5.74, 6) is 1.28. The van der Waals surface area contributed by atoms with Gasteiger partial charge in [0.15, 0.2) is 15.0 Å². The minimum Gasteiger partial charge on any atom is -0.457 e. The summed E-state index contributed by atoms with van der Waals surface area (Å²) in [7, 11) is -3.10. The monoisotopic (exact) mass is 444 g/mol. The zero-order valence-corrected chi connectivity index (χ0v) is 18.5. The van der Waals surface area contributed by atoms with Crippen molar-refractivity contribution in [2.75, 3.05) is 16.4 Å². The number of ether oxygens (including phenoxy) is 1. The molecule has 2 saturated heterocycles. The van der Waals surface area contributed by atoms with Gasteiger partial charge in [0.25, 0.3) is 5.91 Å². The van der Waals surface area contributed by atoms with E-state index in [0.717, 1.165) is 11.4 Å². The lowest BCUT2D eigenvalue weighted by Crippen LogP contribution is -2.37. The number of benzene rings is 2. The average Bonchev–Trinajstić information content (AvgIpc) is 3.19. The fourth-order valence-corrected chi connectivity index (χ4v) is 7.46. The molecule has 0 N–H and O–H groups in total. The number of carbonyl (C=O) groups is 1. The molecule has 2 aromatic rings. The van der Waals surface area contributed by atoms with Crippen molar-refractivity contribution in [1.82, 2.24) is 0 Å². The van der Waals surface area contributed by atoms with Gasteiger partial charge in [-0.05, 0) is 42.8 Å². The number of aliphatic imine (C=N–C) groups is 1. The first-order valence-electron chi connectivity index (χ1n) is 9.98. The number of para-hydroxylation sites is 1. The Bertz CT molecular complexity index is 1050. The third kappa shape index (κ3) is 4.39. The lowest BCUT2D eigenvalue weighted by Gasteiger charge is -2.25. The summed E-state index contributed by atoms with van der Waals surface area (Å²) in [5, 5.41) is 0.473. The third-order valence-corrected chi connectivity index (χ3v) is 8.61. The van der Waals surface area contributed by atoms with E-state index in [1.807, 2.05) is 73.3 Å². The van der Waals surface area contributed by atoms with Crippen LogP contribution in [0, 0.1) is 5.92 Å². The zero-order valence-electron chi connectivity index (χ0n) is 16.9. The van der Waals surface area contributed by atoms with Gasteiger partial charge >= 0.3 is 0 Å². The van der Waals surface area contributed by atoms with Crippen LogP contribution in [0.2, 0.25) is 0 Å². The third-order valence-electron chi connectivity index (χ3n) is 5.40. The molecule has 158 valence electrons. The van der Waals surface area contributed by atoms with Gasteiger partial charge < -0.3 is 9.64 Å². The van der Waals surface area contributed by atoms with E-state index in [9.17, 15) is 13.2 Å². The first-order valence-corrected chi connectivity index (χ1v) is 12.7. The van der Waals surface area contributed by atoms with E-state index in [-0.39, 0.29) is 34.6 Å². The molecule has 4 rings (SSSR count). The second kappa shape index (κ2) is 8.43. The van der Waals surface area contributed by atoms with Gasteiger partial charge in [0.2, 0.25) is 0 Å². The number of rotatable bonds is 5. The average molecular weight is 445 g/mol. The summed E-state index contributed by atoms with van der Waals surface area (Å²) in [6.45, 7) is 3.81. The Morgan fingerprint density at radius 1 is 1.13 bits per heavy atom. The molecular formula is C22H24N2O4S2. The van der Waals surface area contributed by atoms with Crippen LogP contribution in [0.4, 0.5) is 5.69 Å². The molecule has 0 bridgehead atoms. The predicted octanol–water partition coefficient (Wildman–Crippen LogP) is 4.13. The molecule has 30 heavy (non-hydrogen) atoms. The molecule has 2 aliphatic rings. The van der Waals surface area contributed by atoms with Crippen molar-refractivity contribution in [3.63, 3.8) is 0 Å². The normalized spacial score (nSPS) is 24.6. The predicted molar refractivity (Wildman–Crippen MR) is 121 cm³/mol. The maximum atomic E-state index is 12.4. The highest BCUT2D eigenvalue weighted by molar-refractivity contribution is 8.16. The molecule has 3 atom stereocenters. The van der Waals surface area contributed by atoms with Crippen LogP contribution >= 0.6 is 11.8 Å². The summed E-state index contributed by atoms with van der Waals surface area (Å²) in [5.41, 5.74) is 0.809. The summed E-state index contributed by atoms with van der Waals surface area (Å²) in [6.07, 6.45) is 0.715. The van der Waals surface area contributed by atoms with Crippen LogP contribution in [0.25, 0.3) is 0 Å². The highest BCUT2D eigenvalue weighted by Gasteiger charge is 2.49. The quantitative estimate of drug-likeness (QED) is 0.690. The van der Waals surface area contributed by atoms with Crippen molar-refractivity contribution in [3.05, 3.63) is 54.6 Å². The number of nitrogens with zero attached hydrogens (tertiary/aromatic N) is 2. The summed E-state index contributed by atoms with van der Waals surface area (Å²) >= 11 is 1.39. The Kier molecular flexibility index (Phi) is 5.88. The summed E-state index contributed by atoms with van der Waals surface area (Å²) in [4.78, 5) is 18.7. The van der Waals surface area contributed by atoms with Crippen molar-refractivity contribution in [1.29, 1.82) is 0 Å². The minimum atomic E-state index is -3.10. The second-order valence-electron chi connectivity index (χ2n) is 7.62. The Morgan fingerprint density at radius 2 is 1.80 bits per heavy atom. The van der Waals surface area contributed by atoms with Crippen molar-refractivity contribution >= 4 is 38.4 Å². The number of sulfone groups is 1. The van der Waals surface area contributed by atoms with Crippen molar-refractivity contribution in [2.24, 2.45) is 10.9 Å². The Morgan fingerprint density at radius 3 is 2.47 bits per heavy atom. The zero-order chi connectivity index (χ0) is 21.3. The summed E-state index contributed by atoms with van der Waals surface area (Å²) < 4.78 is 30.2. The van der Waals surface area contributed by atoms with Gasteiger partial charge in [0.1, 0.15) is 11.5 Å². The van der Waals surface area contributed by atoms with Crippen molar-refractivity contribution < 1.29 is 17.9 Å². The van der Waals surface area contributed by atoms with E-state index in [1.54, 1.807) is 0 Å². The first kappa shape index (κ1) is 20.9. The van der Waals surface area contributed by atoms with Gasteiger partial charge in [-0.25, -0.2) is 8.42 Å². The van der Waals surface area contributed by atoms with E-state index in [0.29, 0.717) is 17.3 Å². The van der Waals surface area contributed by atoms with Crippen LogP contribution < -0.4 is 9.64 Å². The number of hydrogen-bond donors (Lipinski definition) is 0. The molecule has 2 aromatic carbocycles. The molecule has 6 nitrogen and oxygen atoms in total. The van der Waals surface area contributed by atoms with Crippen LogP contribution in [-0.2, 0) is 14.6 Å². The van der Waals surface area contributed by atoms with E-state index in [1.165, 1.54) is 11.8 Å². The Balaban J connectivity index is 1.62. The maximum absolute atomic E-state index is 12.4. The molecule has 2 heterocycles. The number of amidine groups is 1. The number of anilines is 1. The minimum absolute atomic E-state index is 0.0729. The molecule has 2 aliphatic heterocycles. The van der Waals surface area contributed by atoms with E-state index < -0.39 is 9.84 Å². The molecule has 0 saturated carbocycles. The Labute approximate surface area is 181 Å². The lowest BCUT2D eigenvalue weighted by molar-refractivity contribution is -0.121. The lowest BCUT2D eigenvalue weighted by atomic mass is 10.1. The van der Waals surface area contributed by atoms with Crippen molar-refractivity contribution in [2.45, 2.75) is 31.6 Å². The van der Waals surface area contributed by atoms with Crippen LogP contribution in [0.1, 0.15) is 20.3 Å². The van der Waals surface area contributed by atoms with Gasteiger partial charge in [-0.1, -0.05) is 43.8 Å². The largest absolute Gasteiger partial charge is 0.457 e. The van der Waals surface area contributed by atoms with Gasteiger partial charge in [-0.2, -0.15) is 4.99 Å². The molecule has 0 radical (unpaired) electrons. The number of hydrogen-bond acceptors (Lipinski definition) is 5. The van der Waals surface area contributed by atoms with Gasteiger partial charge in [-0.3, -0.25) is 4.79 Å². The molecule has 8 heteroatoms. The summed E-state index contributed by atoms with van der Waals surface area (Å²) in [6, 6.07) is 16.7. The molecule has 0 aliphatic carbocycles. The first-order chi connectivity index (χ1) is 14.4.